The van der Waals surface area contributed by atoms with E-state index >= 15 is 0 Å². The molecule has 37 heavy (non-hydrogen) atoms. The van der Waals surface area contributed by atoms with Crippen molar-refractivity contribution >= 4 is 5.97 Å². The van der Waals surface area contributed by atoms with E-state index in [2.05, 4.69) is 0 Å². The molecule has 5 N–H and O–H groups in total. The molecule has 1 aromatic rings. The molecule has 0 bridgehead atoms. The average molecular weight is 539 g/mol. The molecule has 2 rings (SSSR count). The molecule has 1 aliphatic heterocycles. The number of methoxy groups -OCH3 is 2. The molecule has 11 nitrogen and oxygen atoms in total. The van der Waals surface area contributed by atoms with Crippen LogP contribution >= 0.6 is 0 Å². The van der Waals surface area contributed by atoms with Gasteiger partial charge >= 0.3 is 29.6 Å². The van der Waals surface area contributed by atoms with E-state index in [1.165, 1.54) is 14.2 Å². The molecule has 1 fully saturated rings. The normalized spacial score (nSPS) is 23.3. The summed E-state index contributed by atoms with van der Waals surface area (Å²) in [4.78, 5) is 11.4. The van der Waals surface area contributed by atoms with Crippen molar-refractivity contribution in [1.29, 1.82) is 0 Å². The average Bonchev–Trinajstić information content (AvgIpc) is 2.86. The van der Waals surface area contributed by atoms with Gasteiger partial charge in [-0.25, -0.2) is 0 Å². The first kappa shape index (κ1) is 33.7. The number of unbranched alkanes of at least 4 members (excludes halogenated alkanes) is 7. The van der Waals surface area contributed by atoms with Crippen molar-refractivity contribution in [2.45, 2.75) is 95.4 Å². The Hall–Kier alpha value is -1.31. The molecule has 1 aromatic carbocycles. The van der Waals surface area contributed by atoms with Gasteiger partial charge in [-0.3, -0.25) is 0 Å². The zero-order valence-electron chi connectivity index (χ0n) is 22.1. The van der Waals surface area contributed by atoms with Gasteiger partial charge in [-0.05, 0) is 26.2 Å². The zero-order chi connectivity index (χ0) is 26.8. The number of carboxylic acids is 1. The Kier molecular flexibility index (Phi) is 15.1. The number of carbonyl (C=O) groups is 1. The topological polar surface area (TPSA) is 178 Å². The molecule has 1 saturated heterocycles. The summed E-state index contributed by atoms with van der Waals surface area (Å²) in [5, 5.41) is 61.4. The van der Waals surface area contributed by atoms with E-state index in [0.717, 1.165) is 51.4 Å². The third-order valence-corrected chi connectivity index (χ3v) is 6.49. The summed E-state index contributed by atoms with van der Waals surface area (Å²) in [6, 6.07) is 0. The van der Waals surface area contributed by atoms with Gasteiger partial charge in [-0.2, -0.15) is 0 Å². The molecule has 5 atom stereocenters. The molecule has 5 unspecified atom stereocenters. The van der Waals surface area contributed by atoms with Crippen LogP contribution in [0.1, 0.15) is 62.5 Å². The van der Waals surface area contributed by atoms with Gasteiger partial charge in [0.2, 0.25) is 17.8 Å². The van der Waals surface area contributed by atoms with Crippen LogP contribution in [-0.4, -0.2) is 83.0 Å². The van der Waals surface area contributed by atoms with Crippen LogP contribution in [-0.2, 0) is 16.0 Å². The number of benzene rings is 1. The quantitative estimate of drug-likeness (QED) is 0.116. The fraction of sp³-hybridized carbons (Fsp3) is 0.720. The summed E-state index contributed by atoms with van der Waals surface area (Å²) >= 11 is 0. The molecule has 1 heterocycles. The molecule has 0 spiro atoms. The molecule has 1 aliphatic rings. The summed E-state index contributed by atoms with van der Waals surface area (Å²) in [5.74, 6) is -1.85. The molecule has 206 valence electrons. The van der Waals surface area contributed by atoms with Crippen LogP contribution < -0.4 is 48.9 Å². The minimum Gasteiger partial charge on any atom is -0.547 e. The monoisotopic (exact) mass is 538 g/mol. The molecule has 0 aliphatic carbocycles. The first-order chi connectivity index (χ1) is 17.2. The predicted octanol–water partition coefficient (Wildman–Crippen LogP) is -2.69. The Morgan fingerprint density at radius 2 is 1.41 bits per heavy atom. The number of ether oxygens (including phenoxy) is 4. The number of phenolic OH excluding ortho intramolecular Hbond substituents is 1. The van der Waals surface area contributed by atoms with Crippen LogP contribution in [0, 0.1) is 6.92 Å². The second-order valence-electron chi connectivity index (χ2n) is 8.98. The summed E-state index contributed by atoms with van der Waals surface area (Å²) < 4.78 is 21.8. The molecule has 0 saturated carbocycles. The molecule has 12 heteroatoms. The summed E-state index contributed by atoms with van der Waals surface area (Å²) in [5.41, 5.74) is 1.00. The number of aliphatic carboxylic acids is 1. The van der Waals surface area contributed by atoms with E-state index in [4.69, 9.17) is 24.1 Å². The van der Waals surface area contributed by atoms with Gasteiger partial charge in [0.1, 0.15) is 24.4 Å². The number of aliphatic hydroxyl groups is 4. The van der Waals surface area contributed by atoms with Crippen LogP contribution in [0.2, 0.25) is 0 Å². The van der Waals surface area contributed by atoms with Crippen LogP contribution in [0.15, 0.2) is 0 Å². The van der Waals surface area contributed by atoms with Gasteiger partial charge in [0.05, 0.1) is 20.2 Å². The fourth-order valence-electron chi connectivity index (χ4n) is 4.36. The zero-order valence-corrected chi connectivity index (χ0v) is 24.1. The second-order valence-corrected chi connectivity index (χ2v) is 8.98. The third kappa shape index (κ3) is 8.59. The summed E-state index contributed by atoms with van der Waals surface area (Å²) in [6.45, 7) is 1.89. The number of hydrogen-bond donors (Lipinski definition) is 5. The van der Waals surface area contributed by atoms with Gasteiger partial charge < -0.3 is 54.4 Å². The number of aliphatic hydroxyl groups excluding tert-OH is 4. The first-order valence-corrected chi connectivity index (χ1v) is 12.3. The largest absolute Gasteiger partial charge is 1.00 e. The van der Waals surface area contributed by atoms with Crippen molar-refractivity contribution in [2.24, 2.45) is 0 Å². The molecule has 0 amide bonds. The smallest absolute Gasteiger partial charge is 0.547 e. The van der Waals surface area contributed by atoms with Crippen molar-refractivity contribution in [1.82, 2.24) is 0 Å². The van der Waals surface area contributed by atoms with Gasteiger partial charge in [0, 0.05) is 17.7 Å². The van der Waals surface area contributed by atoms with E-state index in [-0.39, 0.29) is 59.2 Å². The number of carbonyl (C=O) groups excluding carboxylic acids is 1. The molecular formula is C25H39NaO11. The Bertz CT molecular complexity index is 851. The van der Waals surface area contributed by atoms with Gasteiger partial charge in [0.15, 0.2) is 11.5 Å². The maximum atomic E-state index is 11.4. The maximum absolute atomic E-state index is 11.4. The Morgan fingerprint density at radius 3 is 1.92 bits per heavy atom. The van der Waals surface area contributed by atoms with E-state index in [0.29, 0.717) is 17.5 Å². The van der Waals surface area contributed by atoms with Crippen LogP contribution in [0.25, 0.3) is 0 Å². The fourth-order valence-corrected chi connectivity index (χ4v) is 4.36. The standard InChI is InChI=1S/C25H40O11.Na/c1-14-15(12-10-8-6-4-5-7-9-11-13-26)20(23(34-3)21(33-2)16(14)27)35-25-19(30)17(28)18(29)22(36-25)24(31)32;/h17-19,22,25-30H,4-13H2,1-3H3,(H,31,32);/q;+1/p-1. The minimum absolute atomic E-state index is 0. The van der Waals surface area contributed by atoms with E-state index < -0.39 is 36.7 Å². The van der Waals surface area contributed by atoms with Crippen molar-refractivity contribution in [3.05, 3.63) is 11.1 Å². The predicted molar refractivity (Wildman–Crippen MR) is 126 cm³/mol. The maximum Gasteiger partial charge on any atom is 1.00 e. The minimum atomic E-state index is -1.93. The Labute approximate surface area is 239 Å². The second kappa shape index (κ2) is 16.6. The molecule has 0 aromatic heterocycles. The Morgan fingerprint density at radius 1 is 0.865 bits per heavy atom. The molecular weight excluding hydrogens is 499 g/mol. The van der Waals surface area contributed by atoms with Gasteiger partial charge in [-0.15, -0.1) is 0 Å². The van der Waals surface area contributed by atoms with Crippen molar-refractivity contribution in [3.63, 3.8) is 0 Å². The van der Waals surface area contributed by atoms with E-state index in [1.54, 1.807) is 6.92 Å². The van der Waals surface area contributed by atoms with Gasteiger partial charge in [-0.1, -0.05) is 38.5 Å². The number of aromatic hydroxyl groups is 1. The number of phenols is 1. The van der Waals surface area contributed by atoms with E-state index in [9.17, 15) is 30.3 Å². The van der Waals surface area contributed by atoms with Crippen LogP contribution in [0.5, 0.6) is 23.0 Å². The van der Waals surface area contributed by atoms with Crippen LogP contribution in [0.3, 0.4) is 0 Å². The summed E-state index contributed by atoms with van der Waals surface area (Å²) in [6.07, 6.45) is -0.937. The van der Waals surface area contributed by atoms with E-state index in [1.807, 2.05) is 0 Å². The SMILES string of the molecule is COc1c(O)c(C)c(CCCCCCCCCCO)c(OC2OC(C(=O)[O-])C(O)C(O)C2O)c1OC.[Na+]. The summed E-state index contributed by atoms with van der Waals surface area (Å²) in [7, 11) is 2.67. The Balaban J connectivity index is 0.00000684. The number of carboxylic acid groups (broad SMARTS) is 1. The van der Waals surface area contributed by atoms with Crippen molar-refractivity contribution < 1.29 is 83.9 Å². The third-order valence-electron chi connectivity index (χ3n) is 6.49. The number of hydrogen-bond acceptors (Lipinski definition) is 11. The van der Waals surface area contributed by atoms with Crippen molar-refractivity contribution in [2.75, 3.05) is 20.8 Å². The number of rotatable bonds is 15. The van der Waals surface area contributed by atoms with Crippen molar-refractivity contribution in [3.8, 4) is 23.0 Å². The molecule has 0 radical (unpaired) electrons. The first-order valence-electron chi connectivity index (χ1n) is 12.3. The van der Waals surface area contributed by atoms with Crippen LogP contribution in [0.4, 0.5) is 0 Å². The van der Waals surface area contributed by atoms with Gasteiger partial charge in [0.25, 0.3) is 0 Å².